The Morgan fingerprint density at radius 1 is 1.19 bits per heavy atom. The van der Waals surface area contributed by atoms with Crippen molar-refractivity contribution < 1.29 is 0 Å². The van der Waals surface area contributed by atoms with Crippen molar-refractivity contribution in [2.75, 3.05) is 20.1 Å². The van der Waals surface area contributed by atoms with Crippen molar-refractivity contribution >= 4 is 0 Å². The highest BCUT2D eigenvalue weighted by Gasteiger charge is 2.09. The number of nitrogens with two attached hydrogens (primary N) is 1. The van der Waals surface area contributed by atoms with Crippen molar-refractivity contribution in [3.05, 3.63) is 29.6 Å². The Balaban J connectivity index is 0.000000606. The normalized spacial score (nSPS) is 16.4. The molecule has 1 aliphatic rings. The van der Waals surface area contributed by atoms with Gasteiger partial charge in [0.25, 0.3) is 0 Å². The van der Waals surface area contributed by atoms with Crippen molar-refractivity contribution in [3.8, 4) is 0 Å². The third-order valence-corrected chi connectivity index (χ3v) is 2.83. The largest absolute Gasteiger partial charge is 0.333 e. The molecule has 0 aromatic carbocycles. The van der Waals surface area contributed by atoms with E-state index in [1.54, 1.807) is 0 Å². The van der Waals surface area contributed by atoms with Crippen molar-refractivity contribution in [1.82, 2.24) is 9.88 Å². The Morgan fingerprint density at radius 3 is 2.44 bits per heavy atom. The van der Waals surface area contributed by atoms with Crippen LogP contribution in [0, 0.1) is 6.92 Å². The highest BCUT2D eigenvalue weighted by Crippen LogP contribution is 2.12. The van der Waals surface area contributed by atoms with Crippen molar-refractivity contribution in [2.45, 2.75) is 32.7 Å². The summed E-state index contributed by atoms with van der Waals surface area (Å²) in [6.07, 6.45) is 6.13. The number of nitrogens with zero attached hydrogens (tertiary/aromatic N) is 2. The summed E-state index contributed by atoms with van der Waals surface area (Å²) in [6.45, 7) is 5.62. The topological polar surface area (TPSA) is 42.1 Å². The molecule has 2 N–H and O–H groups in total. The molecule has 2 heterocycles. The third-order valence-electron chi connectivity index (χ3n) is 2.83. The van der Waals surface area contributed by atoms with Gasteiger partial charge in [-0.05, 0) is 51.5 Å². The van der Waals surface area contributed by atoms with E-state index >= 15 is 0 Å². The molecular weight excluding hydrogens is 198 g/mol. The monoisotopic (exact) mass is 221 g/mol. The predicted molar refractivity (Wildman–Crippen MR) is 68.2 cm³/mol. The van der Waals surface area contributed by atoms with Gasteiger partial charge in [-0.1, -0.05) is 12.5 Å². The zero-order valence-corrected chi connectivity index (χ0v) is 10.4. The Morgan fingerprint density at radius 2 is 1.88 bits per heavy atom. The highest BCUT2D eigenvalue weighted by molar-refractivity contribution is 5.12. The maximum absolute atomic E-state index is 4.50. The molecule has 16 heavy (non-hydrogen) atoms. The SMILES string of the molecule is CN.Cc1ccc(CN2CCCCC2)cn1. The molecule has 1 aliphatic heterocycles. The first-order valence-corrected chi connectivity index (χ1v) is 6.06. The lowest BCUT2D eigenvalue weighted by molar-refractivity contribution is 0.220. The minimum absolute atomic E-state index is 1.08. The molecule has 1 fully saturated rings. The summed E-state index contributed by atoms with van der Waals surface area (Å²) in [5, 5.41) is 0. The van der Waals surface area contributed by atoms with Crippen LogP contribution in [0.25, 0.3) is 0 Å². The predicted octanol–water partition coefficient (Wildman–Crippen LogP) is 1.95. The number of piperidine rings is 1. The maximum Gasteiger partial charge on any atom is 0.0372 e. The first-order chi connectivity index (χ1) is 7.84. The van der Waals surface area contributed by atoms with Crippen LogP contribution in [0.5, 0.6) is 0 Å². The number of aryl methyl sites for hydroxylation is 1. The summed E-state index contributed by atoms with van der Waals surface area (Å²) in [5.74, 6) is 0. The molecule has 3 nitrogen and oxygen atoms in total. The van der Waals surface area contributed by atoms with Crippen LogP contribution in [0.1, 0.15) is 30.5 Å². The lowest BCUT2D eigenvalue weighted by Crippen LogP contribution is -2.29. The van der Waals surface area contributed by atoms with E-state index in [2.05, 4.69) is 27.8 Å². The van der Waals surface area contributed by atoms with Crippen LogP contribution in [-0.2, 0) is 6.54 Å². The second kappa shape index (κ2) is 7.36. The van der Waals surface area contributed by atoms with Gasteiger partial charge in [-0.15, -0.1) is 0 Å². The molecule has 1 saturated heterocycles. The van der Waals surface area contributed by atoms with Crippen molar-refractivity contribution in [1.29, 1.82) is 0 Å². The minimum Gasteiger partial charge on any atom is -0.333 e. The molecule has 1 aromatic heterocycles. The molecule has 0 saturated carbocycles. The van der Waals surface area contributed by atoms with E-state index < -0.39 is 0 Å². The van der Waals surface area contributed by atoms with Crippen LogP contribution in [0.15, 0.2) is 18.3 Å². The van der Waals surface area contributed by atoms with Gasteiger partial charge in [-0.3, -0.25) is 9.88 Å². The van der Waals surface area contributed by atoms with Gasteiger partial charge in [0.2, 0.25) is 0 Å². The second-order valence-corrected chi connectivity index (χ2v) is 4.14. The van der Waals surface area contributed by atoms with Crippen LogP contribution < -0.4 is 5.73 Å². The van der Waals surface area contributed by atoms with Gasteiger partial charge < -0.3 is 5.73 Å². The fourth-order valence-electron chi connectivity index (χ4n) is 1.97. The molecular formula is C13H23N3. The van der Waals surface area contributed by atoms with Crippen LogP contribution in [-0.4, -0.2) is 30.0 Å². The van der Waals surface area contributed by atoms with E-state index in [4.69, 9.17) is 0 Å². The summed E-state index contributed by atoms with van der Waals surface area (Å²) in [6, 6.07) is 4.29. The second-order valence-electron chi connectivity index (χ2n) is 4.14. The number of aromatic nitrogens is 1. The van der Waals surface area contributed by atoms with Crippen molar-refractivity contribution in [2.24, 2.45) is 5.73 Å². The Bertz CT molecular complexity index is 276. The number of hydrogen-bond acceptors (Lipinski definition) is 3. The van der Waals surface area contributed by atoms with Gasteiger partial charge in [0, 0.05) is 18.4 Å². The number of rotatable bonds is 2. The molecule has 0 radical (unpaired) electrons. The summed E-state index contributed by atoms with van der Waals surface area (Å²) in [5.41, 5.74) is 6.95. The Labute approximate surface area is 98.7 Å². The first kappa shape index (κ1) is 13.1. The Hall–Kier alpha value is -0.930. The molecule has 90 valence electrons. The average molecular weight is 221 g/mol. The van der Waals surface area contributed by atoms with Gasteiger partial charge >= 0.3 is 0 Å². The van der Waals surface area contributed by atoms with Gasteiger partial charge in [-0.2, -0.15) is 0 Å². The highest BCUT2D eigenvalue weighted by atomic mass is 15.1. The molecule has 0 atom stereocenters. The summed E-state index contributed by atoms with van der Waals surface area (Å²) in [4.78, 5) is 6.84. The van der Waals surface area contributed by atoms with Crippen LogP contribution >= 0.6 is 0 Å². The Kier molecular flexibility index (Phi) is 6.04. The maximum atomic E-state index is 4.50. The quantitative estimate of drug-likeness (QED) is 0.830. The minimum atomic E-state index is 1.08. The standard InChI is InChI=1S/C12H18N2.CH5N/c1-11-5-6-12(9-13-11)10-14-7-3-2-4-8-14;1-2/h5-6,9H,2-4,7-8,10H2,1H3;2H2,1H3. The van der Waals surface area contributed by atoms with Gasteiger partial charge in [-0.25, -0.2) is 0 Å². The molecule has 0 bridgehead atoms. The third kappa shape index (κ3) is 4.29. The van der Waals surface area contributed by atoms with Gasteiger partial charge in [0.15, 0.2) is 0 Å². The molecule has 0 unspecified atom stereocenters. The van der Waals surface area contributed by atoms with E-state index in [1.807, 2.05) is 13.1 Å². The van der Waals surface area contributed by atoms with Crippen LogP contribution in [0.2, 0.25) is 0 Å². The van der Waals surface area contributed by atoms with E-state index in [0.29, 0.717) is 0 Å². The number of likely N-dealkylation sites (tertiary alicyclic amines) is 1. The van der Waals surface area contributed by atoms with Crippen LogP contribution in [0.3, 0.4) is 0 Å². The van der Waals surface area contributed by atoms with E-state index in [-0.39, 0.29) is 0 Å². The summed E-state index contributed by atoms with van der Waals surface area (Å²) >= 11 is 0. The zero-order chi connectivity index (χ0) is 11.8. The fraction of sp³-hybridized carbons (Fsp3) is 0.615. The average Bonchev–Trinajstić information content (AvgIpc) is 2.36. The molecule has 0 spiro atoms. The summed E-state index contributed by atoms with van der Waals surface area (Å²) in [7, 11) is 1.50. The first-order valence-electron chi connectivity index (χ1n) is 6.06. The number of hydrogen-bond donors (Lipinski definition) is 1. The molecule has 1 aromatic rings. The lowest BCUT2D eigenvalue weighted by Gasteiger charge is -2.26. The van der Waals surface area contributed by atoms with E-state index in [0.717, 1.165) is 12.2 Å². The van der Waals surface area contributed by atoms with Gasteiger partial charge in [0.05, 0.1) is 0 Å². The summed E-state index contributed by atoms with van der Waals surface area (Å²) < 4.78 is 0. The van der Waals surface area contributed by atoms with Crippen LogP contribution in [0.4, 0.5) is 0 Å². The van der Waals surface area contributed by atoms with Gasteiger partial charge in [0.1, 0.15) is 0 Å². The molecule has 2 rings (SSSR count). The molecule has 0 amide bonds. The van der Waals surface area contributed by atoms with Crippen molar-refractivity contribution in [3.63, 3.8) is 0 Å². The van der Waals surface area contributed by atoms with E-state index in [1.165, 1.54) is 45.0 Å². The van der Waals surface area contributed by atoms with E-state index in [9.17, 15) is 0 Å². The smallest absolute Gasteiger partial charge is 0.0372 e. The molecule has 0 aliphatic carbocycles. The zero-order valence-electron chi connectivity index (χ0n) is 10.4. The lowest BCUT2D eigenvalue weighted by atomic mass is 10.1. The number of pyridine rings is 1. The molecule has 3 heteroatoms. The fourth-order valence-corrected chi connectivity index (χ4v) is 1.97.